The minimum atomic E-state index is -0.640. The van der Waals surface area contributed by atoms with E-state index in [2.05, 4.69) is 34.6 Å². The van der Waals surface area contributed by atoms with Crippen LogP contribution in [0.25, 0.3) is 0 Å². The molecule has 0 amide bonds. The number of benzene rings is 1. The van der Waals surface area contributed by atoms with E-state index in [0.29, 0.717) is 5.75 Å². The van der Waals surface area contributed by atoms with Gasteiger partial charge >= 0.3 is 11.9 Å². The first-order valence-electron chi connectivity index (χ1n) is 16.3. The molecule has 3 atom stereocenters. The number of hydrogen-bond donors (Lipinski definition) is 0. The Bertz CT molecular complexity index is 1020. The molecule has 0 bridgehead atoms. The van der Waals surface area contributed by atoms with E-state index in [-0.39, 0.29) is 5.60 Å². The lowest BCUT2D eigenvalue weighted by Crippen LogP contribution is -2.37. The van der Waals surface area contributed by atoms with Crippen LogP contribution in [0, 0.1) is 38.5 Å². The summed E-state index contributed by atoms with van der Waals surface area (Å²) < 4.78 is 17.7. The van der Waals surface area contributed by atoms with Gasteiger partial charge in [0.25, 0.3) is 0 Å². The molecule has 41 heavy (non-hydrogen) atoms. The quantitative estimate of drug-likeness (QED) is 0.119. The first kappa shape index (κ1) is 35.2. The van der Waals surface area contributed by atoms with E-state index in [1.807, 2.05) is 20.8 Å². The van der Waals surface area contributed by atoms with E-state index in [0.717, 1.165) is 65.0 Å². The molecule has 1 aromatic rings. The van der Waals surface area contributed by atoms with Crippen LogP contribution >= 0.6 is 0 Å². The monoisotopic (exact) mass is 572 g/mol. The lowest BCUT2D eigenvalue weighted by atomic mass is 9.83. The summed E-state index contributed by atoms with van der Waals surface area (Å²) in [6.07, 6.45) is 13.0. The average Bonchev–Trinajstić information content (AvgIpc) is 2.83. The minimum Gasteiger partial charge on any atom is -0.487 e. The fourth-order valence-electron chi connectivity index (χ4n) is 6.06. The van der Waals surface area contributed by atoms with Crippen molar-refractivity contribution >= 4 is 11.9 Å². The highest BCUT2D eigenvalue weighted by Gasteiger charge is 2.35. The Kier molecular flexibility index (Phi) is 13.2. The molecule has 5 heteroatoms. The molecule has 0 radical (unpaired) electrons. The molecule has 1 aliphatic rings. The van der Waals surface area contributed by atoms with Gasteiger partial charge in [-0.15, -0.1) is 0 Å². The third-order valence-electron chi connectivity index (χ3n) is 8.76. The highest BCUT2D eigenvalue weighted by molar-refractivity contribution is 5.92. The molecule has 1 heterocycles. The molecule has 1 aromatic carbocycles. The van der Waals surface area contributed by atoms with Crippen molar-refractivity contribution in [3.8, 4) is 11.5 Å². The maximum Gasteiger partial charge on any atom is 0.322 e. The number of hydrogen-bond acceptors (Lipinski definition) is 5. The first-order chi connectivity index (χ1) is 19.0. The molecule has 1 aliphatic heterocycles. The van der Waals surface area contributed by atoms with Crippen LogP contribution < -0.4 is 9.47 Å². The second-order valence-electron chi connectivity index (χ2n) is 14.7. The van der Waals surface area contributed by atoms with Gasteiger partial charge < -0.3 is 14.2 Å². The van der Waals surface area contributed by atoms with Crippen molar-refractivity contribution in [1.29, 1.82) is 0 Å². The SMILES string of the molecule is Cc1c(C)c2c(c(C)c1OC(=O)CC(=O)OC(C)(C)C)CC[C@@](C)(CCC[C@H](C)CCC[C@@H](C)CCCC(C)C)O2. The van der Waals surface area contributed by atoms with Crippen LogP contribution in [0.1, 0.15) is 148 Å². The summed E-state index contributed by atoms with van der Waals surface area (Å²) in [7, 11) is 0. The summed E-state index contributed by atoms with van der Waals surface area (Å²) in [5.41, 5.74) is 3.11. The van der Waals surface area contributed by atoms with Crippen LogP contribution in [0.2, 0.25) is 0 Å². The second-order valence-corrected chi connectivity index (χ2v) is 14.7. The van der Waals surface area contributed by atoms with Gasteiger partial charge in [-0.1, -0.05) is 72.6 Å². The molecule has 0 fully saturated rings. The molecule has 2 rings (SSSR count). The second kappa shape index (κ2) is 15.4. The Morgan fingerprint density at radius 3 is 1.95 bits per heavy atom. The zero-order valence-electron chi connectivity index (χ0n) is 28.3. The van der Waals surface area contributed by atoms with Gasteiger partial charge in [0.05, 0.1) is 0 Å². The summed E-state index contributed by atoms with van der Waals surface area (Å²) in [5, 5.41) is 0. The number of fused-ring (bicyclic) bond motifs is 1. The normalized spacial score (nSPS) is 18.4. The third kappa shape index (κ3) is 11.6. The van der Waals surface area contributed by atoms with Crippen LogP contribution in [0.3, 0.4) is 0 Å². The predicted octanol–water partition coefficient (Wildman–Crippen LogP) is 9.77. The van der Waals surface area contributed by atoms with E-state index >= 15 is 0 Å². The van der Waals surface area contributed by atoms with Gasteiger partial charge in [0.15, 0.2) is 0 Å². The van der Waals surface area contributed by atoms with Crippen molar-refractivity contribution in [3.05, 3.63) is 22.3 Å². The van der Waals surface area contributed by atoms with Crippen LogP contribution in [0.4, 0.5) is 0 Å². The Labute approximate surface area is 251 Å². The molecular formula is C36H60O5. The molecule has 0 N–H and O–H groups in total. The topological polar surface area (TPSA) is 61.8 Å². The van der Waals surface area contributed by atoms with Gasteiger partial charge in [-0.25, -0.2) is 0 Å². The number of carbonyl (C=O) groups excluding carboxylic acids is 2. The predicted molar refractivity (Wildman–Crippen MR) is 169 cm³/mol. The number of esters is 2. The molecule has 0 spiro atoms. The number of rotatable bonds is 15. The van der Waals surface area contributed by atoms with Crippen molar-refractivity contribution in [2.75, 3.05) is 0 Å². The van der Waals surface area contributed by atoms with Crippen LogP contribution in [-0.2, 0) is 20.7 Å². The number of ether oxygens (including phenoxy) is 3. The molecular weight excluding hydrogens is 512 g/mol. The fraction of sp³-hybridized carbons (Fsp3) is 0.778. The van der Waals surface area contributed by atoms with E-state index in [1.165, 1.54) is 51.4 Å². The van der Waals surface area contributed by atoms with Crippen molar-refractivity contribution in [3.63, 3.8) is 0 Å². The summed E-state index contributed by atoms with van der Waals surface area (Å²) in [6.45, 7) is 23.0. The molecule has 0 saturated heterocycles. The zero-order chi connectivity index (χ0) is 31.0. The first-order valence-corrected chi connectivity index (χ1v) is 16.3. The van der Waals surface area contributed by atoms with Gasteiger partial charge in [-0.2, -0.15) is 0 Å². The largest absolute Gasteiger partial charge is 0.487 e. The summed E-state index contributed by atoms with van der Waals surface area (Å²) in [6, 6.07) is 0. The molecule has 0 saturated carbocycles. The van der Waals surface area contributed by atoms with Gasteiger partial charge in [-0.3, -0.25) is 9.59 Å². The molecule has 0 unspecified atom stereocenters. The Hall–Kier alpha value is -2.04. The van der Waals surface area contributed by atoms with Crippen molar-refractivity contribution in [2.45, 2.75) is 164 Å². The summed E-state index contributed by atoms with van der Waals surface area (Å²) in [5.74, 6) is 2.74. The van der Waals surface area contributed by atoms with Gasteiger partial charge in [-0.05, 0) is 109 Å². The van der Waals surface area contributed by atoms with E-state index < -0.39 is 24.0 Å². The molecule has 0 aliphatic carbocycles. The van der Waals surface area contributed by atoms with Crippen LogP contribution in [0.15, 0.2) is 0 Å². The Morgan fingerprint density at radius 2 is 1.39 bits per heavy atom. The minimum absolute atomic E-state index is 0.184. The Morgan fingerprint density at radius 1 is 0.829 bits per heavy atom. The summed E-state index contributed by atoms with van der Waals surface area (Å²) >= 11 is 0. The van der Waals surface area contributed by atoms with Gasteiger partial charge in [0, 0.05) is 5.56 Å². The van der Waals surface area contributed by atoms with Crippen LogP contribution in [0.5, 0.6) is 11.5 Å². The van der Waals surface area contributed by atoms with Gasteiger partial charge in [0.1, 0.15) is 29.1 Å². The molecule has 5 nitrogen and oxygen atoms in total. The third-order valence-corrected chi connectivity index (χ3v) is 8.76. The maximum absolute atomic E-state index is 12.6. The molecule has 0 aromatic heterocycles. The maximum atomic E-state index is 12.6. The van der Waals surface area contributed by atoms with E-state index in [9.17, 15) is 9.59 Å². The lowest BCUT2D eigenvalue weighted by Gasteiger charge is -2.38. The van der Waals surface area contributed by atoms with Gasteiger partial charge in [0.2, 0.25) is 0 Å². The summed E-state index contributed by atoms with van der Waals surface area (Å²) in [4.78, 5) is 24.7. The zero-order valence-corrected chi connectivity index (χ0v) is 28.3. The highest BCUT2D eigenvalue weighted by atomic mass is 16.6. The standard InChI is InChI=1S/C36H60O5/c1-24(2)15-12-16-25(3)17-13-18-26(4)19-14-21-36(11)22-20-30-29(7)33(27(5)28(6)34(30)41-36)39-31(37)23-32(38)40-35(8,9)10/h24-26H,12-23H2,1-11H3/t25-,26+,36+/m0/s1. The fourth-order valence-corrected chi connectivity index (χ4v) is 6.06. The van der Waals surface area contributed by atoms with E-state index in [4.69, 9.17) is 14.2 Å². The highest BCUT2D eigenvalue weighted by Crippen LogP contribution is 2.45. The van der Waals surface area contributed by atoms with E-state index in [1.54, 1.807) is 20.8 Å². The number of carbonyl (C=O) groups is 2. The molecule has 234 valence electrons. The van der Waals surface area contributed by atoms with Crippen molar-refractivity contribution in [2.24, 2.45) is 17.8 Å². The Balaban J connectivity index is 1.90. The van der Waals surface area contributed by atoms with Crippen LogP contribution in [-0.4, -0.2) is 23.1 Å². The lowest BCUT2D eigenvalue weighted by molar-refractivity contribution is -0.158. The van der Waals surface area contributed by atoms with Crippen molar-refractivity contribution in [1.82, 2.24) is 0 Å². The average molecular weight is 573 g/mol. The smallest absolute Gasteiger partial charge is 0.322 e. The van der Waals surface area contributed by atoms with Crippen molar-refractivity contribution < 1.29 is 23.8 Å².